The predicted octanol–water partition coefficient (Wildman–Crippen LogP) is 5.13. The van der Waals surface area contributed by atoms with Crippen molar-refractivity contribution >= 4 is 28.8 Å². The van der Waals surface area contributed by atoms with Gasteiger partial charge in [0.1, 0.15) is 5.60 Å². The molecule has 0 unspecified atom stereocenters. The number of rotatable bonds is 4. The van der Waals surface area contributed by atoms with Crippen molar-refractivity contribution in [2.45, 2.75) is 64.4 Å². The Balaban J connectivity index is 0.000000292. The summed E-state index contributed by atoms with van der Waals surface area (Å²) >= 11 is 0. The molecule has 5 rings (SSSR count). The average Bonchev–Trinajstić information content (AvgIpc) is 3.46. The number of carboxylic acid groups (broad SMARTS) is 1. The minimum absolute atomic E-state index is 0.0849. The van der Waals surface area contributed by atoms with Crippen molar-refractivity contribution in [1.82, 2.24) is 20.1 Å². The maximum absolute atomic E-state index is 11.8. The van der Waals surface area contributed by atoms with Crippen LogP contribution in [0.1, 0.15) is 75.0 Å². The summed E-state index contributed by atoms with van der Waals surface area (Å²) in [6.07, 6.45) is 5.39. The van der Waals surface area contributed by atoms with Gasteiger partial charge in [0.15, 0.2) is 11.3 Å². The lowest BCUT2D eigenvalue weighted by Crippen LogP contribution is -2.30. The first-order valence-corrected chi connectivity index (χ1v) is 12.6. The smallest absolute Gasteiger partial charge is 0.407 e. The largest absolute Gasteiger partial charge is 0.477 e. The van der Waals surface area contributed by atoms with Gasteiger partial charge in [0.2, 0.25) is 0 Å². The van der Waals surface area contributed by atoms with E-state index in [1.54, 1.807) is 6.07 Å². The van der Waals surface area contributed by atoms with Crippen LogP contribution in [0.4, 0.5) is 10.5 Å². The van der Waals surface area contributed by atoms with E-state index in [4.69, 9.17) is 9.84 Å². The number of benzene rings is 1. The monoisotopic (exact) mass is 493 g/mol. The summed E-state index contributed by atoms with van der Waals surface area (Å²) in [5, 5.41) is 18.0. The van der Waals surface area contributed by atoms with E-state index in [9.17, 15) is 14.7 Å². The molecule has 2 N–H and O–H groups in total. The molecule has 1 aromatic carbocycles. The topological polar surface area (TPSA) is 110 Å². The van der Waals surface area contributed by atoms with E-state index in [1.165, 1.54) is 13.5 Å². The number of fused-ring (bicyclic) bond motifs is 1. The number of nitrogens with one attached hydrogen (secondary N) is 1. The fourth-order valence-corrected chi connectivity index (χ4v) is 4.49. The molecule has 192 valence electrons. The lowest BCUT2D eigenvalue weighted by Gasteiger charge is -2.25. The Morgan fingerprint density at radius 3 is 2.25 bits per heavy atom. The van der Waals surface area contributed by atoms with E-state index in [-0.39, 0.29) is 17.4 Å². The number of carbonyl (C=O) groups is 2. The van der Waals surface area contributed by atoms with E-state index in [1.807, 2.05) is 55.8 Å². The van der Waals surface area contributed by atoms with Gasteiger partial charge in [-0.1, -0.05) is 24.6 Å². The molecule has 3 heterocycles. The molecule has 1 saturated heterocycles. The van der Waals surface area contributed by atoms with E-state index >= 15 is 0 Å². The van der Waals surface area contributed by atoms with E-state index in [2.05, 4.69) is 15.2 Å². The fraction of sp³-hybridized carbons (Fsp3) is 0.481. The summed E-state index contributed by atoms with van der Waals surface area (Å²) in [5.41, 5.74) is 3.33. The quantitative estimate of drug-likeness (QED) is 0.519. The summed E-state index contributed by atoms with van der Waals surface area (Å²) in [6.45, 7) is 7.38. The molecule has 1 aliphatic heterocycles. The van der Waals surface area contributed by atoms with Crippen LogP contribution in [0, 0.1) is 0 Å². The van der Waals surface area contributed by atoms with Gasteiger partial charge in [-0.15, -0.1) is 0 Å². The van der Waals surface area contributed by atoms with Crippen molar-refractivity contribution in [2.75, 3.05) is 25.0 Å². The number of ether oxygens (including phenoxy) is 1. The second kappa shape index (κ2) is 10.6. The van der Waals surface area contributed by atoms with Crippen molar-refractivity contribution in [3.8, 4) is 5.69 Å². The van der Waals surface area contributed by atoms with Crippen LogP contribution in [0.5, 0.6) is 0 Å². The summed E-state index contributed by atoms with van der Waals surface area (Å²) < 4.78 is 6.67. The molecule has 9 nitrogen and oxygen atoms in total. The van der Waals surface area contributed by atoms with Gasteiger partial charge >= 0.3 is 12.1 Å². The molecule has 1 amide bonds. The Morgan fingerprint density at radius 1 is 1.08 bits per heavy atom. The molecule has 2 aromatic heterocycles. The van der Waals surface area contributed by atoms with Crippen LogP contribution in [0.15, 0.2) is 36.4 Å². The van der Waals surface area contributed by atoms with Crippen LogP contribution in [0.2, 0.25) is 0 Å². The number of nitrogens with zero attached hydrogens (tertiary/aromatic N) is 4. The van der Waals surface area contributed by atoms with Gasteiger partial charge in [0.05, 0.1) is 22.5 Å². The highest BCUT2D eigenvalue weighted by Crippen LogP contribution is 2.43. The third-order valence-corrected chi connectivity index (χ3v) is 6.41. The third-order valence-electron chi connectivity index (χ3n) is 6.41. The number of alkyl carbamates (subject to hydrolysis) is 1. The predicted molar refractivity (Wildman–Crippen MR) is 139 cm³/mol. The van der Waals surface area contributed by atoms with Gasteiger partial charge < -0.3 is 20.1 Å². The fourth-order valence-electron chi connectivity index (χ4n) is 4.49. The van der Waals surface area contributed by atoms with Crippen molar-refractivity contribution < 1.29 is 19.4 Å². The van der Waals surface area contributed by atoms with Crippen LogP contribution in [0.3, 0.4) is 0 Å². The Labute approximate surface area is 211 Å². The van der Waals surface area contributed by atoms with Crippen molar-refractivity contribution in [3.63, 3.8) is 0 Å². The van der Waals surface area contributed by atoms with E-state index < -0.39 is 5.97 Å². The van der Waals surface area contributed by atoms with Crippen LogP contribution in [-0.4, -0.2) is 57.7 Å². The van der Waals surface area contributed by atoms with Crippen molar-refractivity contribution in [3.05, 3.63) is 47.8 Å². The first-order chi connectivity index (χ1) is 17.2. The Morgan fingerprint density at radius 2 is 1.75 bits per heavy atom. The summed E-state index contributed by atoms with van der Waals surface area (Å²) in [6, 6.07) is 11.6. The molecule has 2 fully saturated rings. The summed E-state index contributed by atoms with van der Waals surface area (Å²) in [5.74, 6) is -0.556. The number of carboxylic acids is 1. The van der Waals surface area contributed by atoms with Gasteiger partial charge in [0, 0.05) is 26.1 Å². The molecule has 36 heavy (non-hydrogen) atoms. The number of hydrogen-bond donors (Lipinski definition) is 2. The second-order valence-corrected chi connectivity index (χ2v) is 10.2. The highest BCUT2D eigenvalue weighted by Gasteiger charge is 2.30. The number of anilines is 1. The summed E-state index contributed by atoms with van der Waals surface area (Å²) in [4.78, 5) is 29.1. The van der Waals surface area contributed by atoms with E-state index in [0.29, 0.717) is 11.6 Å². The molecule has 0 atom stereocenters. The molecule has 3 aromatic rings. The lowest BCUT2D eigenvalue weighted by molar-refractivity contribution is 0.0541. The minimum Gasteiger partial charge on any atom is -0.477 e. The summed E-state index contributed by atoms with van der Waals surface area (Å²) in [7, 11) is 1.54. The highest BCUT2D eigenvalue weighted by atomic mass is 16.6. The number of aromatic carboxylic acids is 1. The zero-order chi connectivity index (χ0) is 25.9. The maximum Gasteiger partial charge on any atom is 0.407 e. The number of hydrogen-bond acceptors (Lipinski definition) is 6. The first-order valence-electron chi connectivity index (χ1n) is 12.6. The molecule has 1 saturated carbocycles. The molecule has 1 aliphatic carbocycles. The normalized spacial score (nSPS) is 15.7. The Kier molecular flexibility index (Phi) is 7.47. The Hall–Kier alpha value is -3.62. The zero-order valence-corrected chi connectivity index (χ0v) is 21.5. The van der Waals surface area contributed by atoms with Crippen LogP contribution in [0.25, 0.3) is 16.7 Å². The average molecular weight is 494 g/mol. The van der Waals surface area contributed by atoms with Gasteiger partial charge in [-0.3, -0.25) is 0 Å². The van der Waals surface area contributed by atoms with Crippen molar-refractivity contribution in [1.29, 1.82) is 0 Å². The zero-order valence-electron chi connectivity index (χ0n) is 21.5. The number of pyridine rings is 1. The molecular weight excluding hydrogens is 458 g/mol. The van der Waals surface area contributed by atoms with Gasteiger partial charge in [-0.2, -0.15) is 5.10 Å². The lowest BCUT2D eigenvalue weighted by atomic mass is 9.82. The maximum atomic E-state index is 11.8. The molecule has 9 heteroatoms. The third kappa shape index (κ3) is 5.61. The highest BCUT2D eigenvalue weighted by molar-refractivity contribution is 5.98. The number of aromatic nitrogens is 3. The van der Waals surface area contributed by atoms with Crippen LogP contribution in [-0.2, 0) is 4.74 Å². The first kappa shape index (κ1) is 25.5. The van der Waals surface area contributed by atoms with Crippen molar-refractivity contribution in [2.24, 2.45) is 0 Å². The SMILES string of the molecule is CNC(=O)OC(C)(C)C.O=C(O)c1cc(N2CCCC2)c2c(C3CCC3)nn(-c3ccccc3)c2n1. The number of para-hydroxylation sites is 1. The molecular formula is C27H35N5O4. The molecule has 0 bridgehead atoms. The van der Waals surface area contributed by atoms with Gasteiger partial charge in [0.25, 0.3) is 0 Å². The number of carbonyl (C=O) groups excluding carboxylic acids is 1. The Bertz CT molecular complexity index is 1220. The standard InChI is InChI=1S/C21H22N4O2.C6H13NO2/c26-21(27)16-13-17(24-11-4-5-12-24)18-19(14-7-6-8-14)23-25(20(18)22-16)15-9-2-1-3-10-15;1-6(2,3)9-5(8)7-4/h1-3,9-10,13-14H,4-8,11-12H2,(H,26,27);1-4H3,(H,7,8). The minimum atomic E-state index is -0.997. The number of amides is 1. The molecule has 0 spiro atoms. The molecule has 2 aliphatic rings. The van der Waals surface area contributed by atoms with Gasteiger partial charge in [-0.05, 0) is 64.7 Å². The second-order valence-electron chi connectivity index (χ2n) is 10.2. The molecule has 0 radical (unpaired) electrons. The van der Waals surface area contributed by atoms with Crippen LogP contribution < -0.4 is 10.2 Å². The van der Waals surface area contributed by atoms with Gasteiger partial charge in [-0.25, -0.2) is 19.3 Å². The van der Waals surface area contributed by atoms with Crippen LogP contribution >= 0.6 is 0 Å². The van der Waals surface area contributed by atoms with E-state index in [0.717, 1.165) is 61.2 Å².